The van der Waals surface area contributed by atoms with Crippen LogP contribution in [-0.4, -0.2) is 4.98 Å². The minimum atomic E-state index is 0.862. The van der Waals surface area contributed by atoms with Crippen molar-refractivity contribution in [1.29, 1.82) is 0 Å². The summed E-state index contributed by atoms with van der Waals surface area (Å²) in [5, 5.41) is 4.43. The summed E-state index contributed by atoms with van der Waals surface area (Å²) in [6.07, 6.45) is 1.80. The molecule has 0 spiro atoms. The third kappa shape index (κ3) is 1.80. The van der Waals surface area contributed by atoms with Crippen molar-refractivity contribution >= 4 is 43.9 Å². The maximum atomic E-state index is 6.17. The SMILES string of the molecule is c1ccc(-c2ccc3c(c2)oc2ccc4oc5ccccc5c4c23)nc1. The predicted octanol–water partition coefficient (Wildman–Crippen LogP) is 6.55. The second kappa shape index (κ2) is 4.96. The van der Waals surface area contributed by atoms with E-state index in [2.05, 4.69) is 29.2 Å². The Morgan fingerprint density at radius 3 is 2.12 bits per heavy atom. The summed E-state index contributed by atoms with van der Waals surface area (Å²) in [4.78, 5) is 4.44. The normalized spacial score (nSPS) is 11.8. The molecule has 0 atom stereocenters. The zero-order valence-electron chi connectivity index (χ0n) is 13.8. The van der Waals surface area contributed by atoms with Gasteiger partial charge in [0.1, 0.15) is 22.3 Å². The molecule has 0 saturated heterocycles. The summed E-state index contributed by atoms with van der Waals surface area (Å²) < 4.78 is 12.2. The summed E-state index contributed by atoms with van der Waals surface area (Å²) in [5.41, 5.74) is 5.50. The van der Waals surface area contributed by atoms with Crippen LogP contribution in [0.2, 0.25) is 0 Å². The van der Waals surface area contributed by atoms with Crippen molar-refractivity contribution in [3.05, 3.63) is 79.0 Å². The Hall–Kier alpha value is -3.59. The van der Waals surface area contributed by atoms with Crippen molar-refractivity contribution in [3.8, 4) is 11.3 Å². The Morgan fingerprint density at radius 1 is 0.577 bits per heavy atom. The van der Waals surface area contributed by atoms with Crippen LogP contribution in [0.5, 0.6) is 0 Å². The van der Waals surface area contributed by atoms with Gasteiger partial charge in [-0.3, -0.25) is 4.98 Å². The van der Waals surface area contributed by atoms with Crippen LogP contribution in [-0.2, 0) is 0 Å². The fraction of sp³-hybridized carbons (Fsp3) is 0. The average molecular weight is 335 g/mol. The van der Waals surface area contributed by atoms with Gasteiger partial charge in [-0.25, -0.2) is 0 Å². The van der Waals surface area contributed by atoms with Gasteiger partial charge >= 0.3 is 0 Å². The number of pyridine rings is 1. The highest BCUT2D eigenvalue weighted by atomic mass is 16.3. The van der Waals surface area contributed by atoms with Crippen LogP contribution in [0.25, 0.3) is 55.1 Å². The number of hydrogen-bond donors (Lipinski definition) is 0. The molecule has 0 aliphatic carbocycles. The van der Waals surface area contributed by atoms with E-state index in [0.29, 0.717) is 0 Å². The molecular weight excluding hydrogens is 322 g/mol. The third-order valence-electron chi connectivity index (χ3n) is 4.94. The van der Waals surface area contributed by atoms with E-state index in [0.717, 1.165) is 55.1 Å². The van der Waals surface area contributed by atoms with Crippen LogP contribution in [0.1, 0.15) is 0 Å². The number of fused-ring (bicyclic) bond motifs is 7. The summed E-state index contributed by atoms with van der Waals surface area (Å²) in [7, 11) is 0. The zero-order chi connectivity index (χ0) is 17.1. The molecule has 3 heterocycles. The molecule has 0 fully saturated rings. The number of rotatable bonds is 1. The molecule has 0 bridgehead atoms. The van der Waals surface area contributed by atoms with Crippen molar-refractivity contribution in [2.75, 3.05) is 0 Å². The van der Waals surface area contributed by atoms with Gasteiger partial charge in [0.25, 0.3) is 0 Å². The third-order valence-corrected chi connectivity index (χ3v) is 4.94. The quantitative estimate of drug-likeness (QED) is 0.342. The second-order valence-electron chi connectivity index (χ2n) is 6.44. The van der Waals surface area contributed by atoms with Crippen LogP contribution in [0.4, 0.5) is 0 Å². The molecule has 6 rings (SSSR count). The second-order valence-corrected chi connectivity index (χ2v) is 6.44. The number of furan rings is 2. The summed E-state index contributed by atoms with van der Waals surface area (Å²) in [5.74, 6) is 0. The van der Waals surface area contributed by atoms with Gasteiger partial charge in [0.2, 0.25) is 0 Å². The zero-order valence-corrected chi connectivity index (χ0v) is 13.8. The molecule has 0 N–H and O–H groups in total. The standard InChI is InChI=1S/C23H13NO2/c1-2-7-18-15(5-1)22-19(25-18)10-11-20-23(22)16-9-8-14(13-21(16)26-20)17-6-3-4-12-24-17/h1-13H. The Morgan fingerprint density at radius 2 is 1.31 bits per heavy atom. The predicted molar refractivity (Wildman–Crippen MR) is 104 cm³/mol. The maximum Gasteiger partial charge on any atom is 0.136 e. The summed E-state index contributed by atoms with van der Waals surface area (Å²) in [6.45, 7) is 0. The first-order valence-corrected chi connectivity index (χ1v) is 8.56. The molecule has 122 valence electrons. The molecule has 0 unspecified atom stereocenters. The van der Waals surface area contributed by atoms with Crippen LogP contribution in [0.3, 0.4) is 0 Å². The van der Waals surface area contributed by atoms with Gasteiger partial charge in [-0.2, -0.15) is 0 Å². The van der Waals surface area contributed by atoms with Gasteiger partial charge in [0, 0.05) is 33.3 Å². The average Bonchev–Trinajstić information content (AvgIpc) is 3.25. The van der Waals surface area contributed by atoms with Crippen molar-refractivity contribution in [2.24, 2.45) is 0 Å². The van der Waals surface area contributed by atoms with Crippen LogP contribution >= 0.6 is 0 Å². The van der Waals surface area contributed by atoms with E-state index >= 15 is 0 Å². The molecular formula is C23H13NO2. The molecule has 3 heteroatoms. The minimum Gasteiger partial charge on any atom is -0.456 e. The van der Waals surface area contributed by atoms with Crippen molar-refractivity contribution in [3.63, 3.8) is 0 Å². The minimum absolute atomic E-state index is 0.862. The lowest BCUT2D eigenvalue weighted by Crippen LogP contribution is -1.81. The molecule has 0 radical (unpaired) electrons. The highest BCUT2D eigenvalue weighted by molar-refractivity contribution is 6.25. The first kappa shape index (κ1) is 13.7. The lowest BCUT2D eigenvalue weighted by Gasteiger charge is -1.99. The fourth-order valence-corrected chi connectivity index (χ4v) is 3.77. The van der Waals surface area contributed by atoms with Crippen LogP contribution < -0.4 is 0 Å². The van der Waals surface area contributed by atoms with Gasteiger partial charge in [-0.1, -0.05) is 30.3 Å². The molecule has 3 aromatic carbocycles. The van der Waals surface area contributed by atoms with E-state index in [-0.39, 0.29) is 0 Å². The first-order valence-electron chi connectivity index (χ1n) is 8.56. The number of para-hydroxylation sites is 1. The lowest BCUT2D eigenvalue weighted by atomic mass is 10.0. The van der Waals surface area contributed by atoms with Crippen LogP contribution in [0, 0.1) is 0 Å². The molecule has 0 amide bonds. The highest BCUT2D eigenvalue weighted by Gasteiger charge is 2.16. The topological polar surface area (TPSA) is 39.2 Å². The molecule has 6 aromatic rings. The Bertz CT molecular complexity index is 1420. The van der Waals surface area contributed by atoms with E-state index in [9.17, 15) is 0 Å². The molecule has 3 aromatic heterocycles. The Labute approximate surface area is 148 Å². The molecule has 3 nitrogen and oxygen atoms in total. The Balaban J connectivity index is 1.73. The van der Waals surface area contributed by atoms with Crippen molar-refractivity contribution in [2.45, 2.75) is 0 Å². The number of aromatic nitrogens is 1. The molecule has 0 aliphatic heterocycles. The number of hydrogen-bond acceptors (Lipinski definition) is 3. The van der Waals surface area contributed by atoms with Crippen molar-refractivity contribution in [1.82, 2.24) is 4.98 Å². The van der Waals surface area contributed by atoms with E-state index in [4.69, 9.17) is 8.83 Å². The molecule has 0 saturated carbocycles. The smallest absolute Gasteiger partial charge is 0.136 e. The van der Waals surface area contributed by atoms with Crippen LogP contribution in [0.15, 0.2) is 87.8 Å². The highest BCUT2D eigenvalue weighted by Crippen LogP contribution is 2.40. The van der Waals surface area contributed by atoms with E-state index in [1.165, 1.54) is 0 Å². The summed E-state index contributed by atoms with van der Waals surface area (Å²) in [6, 6.07) is 24.3. The van der Waals surface area contributed by atoms with E-state index < -0.39 is 0 Å². The van der Waals surface area contributed by atoms with Gasteiger partial charge in [-0.15, -0.1) is 0 Å². The monoisotopic (exact) mass is 335 g/mol. The van der Waals surface area contributed by atoms with Gasteiger partial charge in [-0.05, 0) is 42.5 Å². The first-order chi connectivity index (χ1) is 12.9. The van der Waals surface area contributed by atoms with E-state index in [1.54, 1.807) is 6.20 Å². The van der Waals surface area contributed by atoms with Gasteiger partial charge < -0.3 is 8.83 Å². The van der Waals surface area contributed by atoms with Gasteiger partial charge in [0.05, 0.1) is 5.69 Å². The van der Waals surface area contributed by atoms with E-state index in [1.807, 2.05) is 48.5 Å². The number of nitrogens with zero attached hydrogens (tertiary/aromatic N) is 1. The number of benzene rings is 3. The maximum absolute atomic E-state index is 6.17. The van der Waals surface area contributed by atoms with Gasteiger partial charge in [0.15, 0.2) is 0 Å². The molecule has 0 aliphatic rings. The molecule has 26 heavy (non-hydrogen) atoms. The fourth-order valence-electron chi connectivity index (χ4n) is 3.77. The lowest BCUT2D eigenvalue weighted by molar-refractivity contribution is 0.663. The van der Waals surface area contributed by atoms with Crippen molar-refractivity contribution < 1.29 is 8.83 Å². The largest absolute Gasteiger partial charge is 0.456 e. The summed E-state index contributed by atoms with van der Waals surface area (Å²) >= 11 is 0. The Kier molecular flexibility index (Phi) is 2.61.